The van der Waals surface area contributed by atoms with Crippen LogP contribution in [0.4, 0.5) is 0 Å². The Balaban J connectivity index is 1.83. The molecule has 1 unspecified atom stereocenters. The summed E-state index contributed by atoms with van der Waals surface area (Å²) in [7, 11) is -3.48. The maximum atomic E-state index is 12.5. The number of sulfonamides is 1. The summed E-state index contributed by atoms with van der Waals surface area (Å²) in [5, 5.41) is 0.424. The molecule has 0 spiro atoms. The normalized spacial score (nSPS) is 20.4. The summed E-state index contributed by atoms with van der Waals surface area (Å²) < 4.78 is 31.9. The van der Waals surface area contributed by atoms with Crippen molar-refractivity contribution in [3.8, 4) is 0 Å². The number of nitrogens with zero attached hydrogens (tertiary/aromatic N) is 1. The molecule has 1 aliphatic heterocycles. The van der Waals surface area contributed by atoms with Gasteiger partial charge in [0.05, 0.1) is 11.2 Å². The highest BCUT2D eigenvalue weighted by atomic mass is 35.5. The van der Waals surface area contributed by atoms with E-state index in [1.54, 1.807) is 24.5 Å². The van der Waals surface area contributed by atoms with Crippen molar-refractivity contribution in [2.75, 3.05) is 13.1 Å². The third-order valence-corrected chi connectivity index (χ3v) is 5.63. The van der Waals surface area contributed by atoms with Crippen molar-refractivity contribution in [1.29, 1.82) is 0 Å². The van der Waals surface area contributed by atoms with Gasteiger partial charge in [0.2, 0.25) is 10.0 Å². The Hall–Kier alpha value is -1.30. The summed E-state index contributed by atoms with van der Waals surface area (Å²) >= 11 is 5.87. The van der Waals surface area contributed by atoms with Gasteiger partial charge in [-0.25, -0.2) is 8.42 Å². The Kier molecular flexibility index (Phi) is 3.58. The van der Waals surface area contributed by atoms with Gasteiger partial charge in [0.15, 0.2) is 0 Å². The first-order valence-corrected chi connectivity index (χ1v) is 8.18. The maximum absolute atomic E-state index is 12.5. The second kappa shape index (κ2) is 5.24. The summed E-state index contributed by atoms with van der Waals surface area (Å²) in [6.45, 7) is 0.947. The summed E-state index contributed by atoms with van der Waals surface area (Å²) in [4.78, 5) is 0.241. The molecule has 3 rings (SSSR count). The van der Waals surface area contributed by atoms with Crippen LogP contribution in [0.2, 0.25) is 5.02 Å². The third-order valence-electron chi connectivity index (χ3n) is 3.53. The Labute approximate surface area is 123 Å². The molecule has 0 amide bonds. The highest BCUT2D eigenvalue weighted by molar-refractivity contribution is 7.89. The topological polar surface area (TPSA) is 50.5 Å². The number of halogens is 1. The molecule has 20 heavy (non-hydrogen) atoms. The van der Waals surface area contributed by atoms with Gasteiger partial charge in [-0.15, -0.1) is 0 Å². The largest absolute Gasteiger partial charge is 0.469 e. The number of hydrogen-bond acceptors (Lipinski definition) is 3. The zero-order chi connectivity index (χ0) is 14.2. The molecule has 1 fully saturated rings. The van der Waals surface area contributed by atoms with Gasteiger partial charge in [-0.2, -0.15) is 4.31 Å². The second-order valence-electron chi connectivity index (χ2n) is 4.82. The van der Waals surface area contributed by atoms with Gasteiger partial charge in [-0.1, -0.05) is 17.7 Å². The van der Waals surface area contributed by atoms with Crippen LogP contribution in [-0.4, -0.2) is 25.8 Å². The minimum atomic E-state index is -3.48. The van der Waals surface area contributed by atoms with Crippen LogP contribution in [0.15, 0.2) is 52.0 Å². The second-order valence-corrected chi connectivity index (χ2v) is 7.20. The van der Waals surface area contributed by atoms with Crippen LogP contribution < -0.4 is 0 Å². The monoisotopic (exact) mass is 311 g/mol. The average Bonchev–Trinajstić information content (AvgIpc) is 3.10. The summed E-state index contributed by atoms with van der Waals surface area (Å²) in [5.74, 6) is 0.966. The fraction of sp³-hybridized carbons (Fsp3) is 0.286. The van der Waals surface area contributed by atoms with Crippen LogP contribution in [0.3, 0.4) is 0 Å². The van der Waals surface area contributed by atoms with Gasteiger partial charge < -0.3 is 4.42 Å². The van der Waals surface area contributed by atoms with Crippen LogP contribution in [0.1, 0.15) is 18.1 Å². The molecule has 0 N–H and O–H groups in total. The molecule has 6 heteroatoms. The van der Waals surface area contributed by atoms with Crippen LogP contribution in [0.25, 0.3) is 0 Å². The molecule has 1 atom stereocenters. The highest BCUT2D eigenvalue weighted by Gasteiger charge is 2.34. The zero-order valence-corrected chi connectivity index (χ0v) is 12.3. The molecule has 0 saturated carbocycles. The van der Waals surface area contributed by atoms with Gasteiger partial charge in [-0.3, -0.25) is 0 Å². The minimum absolute atomic E-state index is 0.124. The Morgan fingerprint density at radius 1 is 1.25 bits per heavy atom. The number of benzene rings is 1. The van der Waals surface area contributed by atoms with Crippen LogP contribution in [0.5, 0.6) is 0 Å². The van der Waals surface area contributed by atoms with Crippen molar-refractivity contribution in [3.63, 3.8) is 0 Å². The smallest absolute Gasteiger partial charge is 0.243 e. The molecule has 106 valence electrons. The van der Waals surface area contributed by atoms with E-state index in [-0.39, 0.29) is 10.8 Å². The van der Waals surface area contributed by atoms with Crippen molar-refractivity contribution in [1.82, 2.24) is 4.31 Å². The van der Waals surface area contributed by atoms with E-state index < -0.39 is 10.0 Å². The van der Waals surface area contributed by atoms with Crippen LogP contribution in [-0.2, 0) is 10.0 Å². The summed E-state index contributed by atoms with van der Waals surface area (Å²) in [6, 6.07) is 10.1. The van der Waals surface area contributed by atoms with Gasteiger partial charge in [0.1, 0.15) is 5.76 Å². The fourth-order valence-electron chi connectivity index (χ4n) is 2.48. The van der Waals surface area contributed by atoms with E-state index in [1.165, 1.54) is 10.4 Å². The fourth-order valence-corrected chi connectivity index (χ4v) is 4.28. The zero-order valence-electron chi connectivity index (χ0n) is 10.7. The van der Waals surface area contributed by atoms with E-state index in [9.17, 15) is 8.42 Å². The van der Waals surface area contributed by atoms with Crippen molar-refractivity contribution in [3.05, 3.63) is 53.4 Å². The van der Waals surface area contributed by atoms with E-state index >= 15 is 0 Å². The molecule has 1 aliphatic rings. The van der Waals surface area contributed by atoms with E-state index in [2.05, 4.69) is 0 Å². The maximum Gasteiger partial charge on any atom is 0.243 e. The van der Waals surface area contributed by atoms with Gasteiger partial charge >= 0.3 is 0 Å². The molecule has 1 aromatic carbocycles. The lowest BCUT2D eigenvalue weighted by atomic mass is 10.1. The molecule has 2 aromatic rings. The van der Waals surface area contributed by atoms with E-state index in [0.29, 0.717) is 18.1 Å². The molecule has 1 saturated heterocycles. The van der Waals surface area contributed by atoms with E-state index in [0.717, 1.165) is 12.2 Å². The van der Waals surface area contributed by atoms with Crippen molar-refractivity contribution >= 4 is 21.6 Å². The predicted octanol–water partition coefficient (Wildman–Crippen LogP) is 3.11. The van der Waals surface area contributed by atoms with E-state index in [1.807, 2.05) is 12.1 Å². The third kappa shape index (κ3) is 2.49. The molecule has 0 radical (unpaired) electrons. The number of furan rings is 1. The SMILES string of the molecule is O=S(=O)(c1cccc(Cl)c1)N1CCC(c2ccco2)C1. The molecule has 1 aromatic heterocycles. The molecule has 2 heterocycles. The first kappa shape index (κ1) is 13.7. The lowest BCUT2D eigenvalue weighted by molar-refractivity contribution is 0.445. The van der Waals surface area contributed by atoms with Gasteiger partial charge in [0, 0.05) is 24.0 Å². The first-order valence-electron chi connectivity index (χ1n) is 6.36. The lowest BCUT2D eigenvalue weighted by Gasteiger charge is -2.16. The average molecular weight is 312 g/mol. The van der Waals surface area contributed by atoms with Crippen LogP contribution >= 0.6 is 11.6 Å². The predicted molar refractivity (Wildman–Crippen MR) is 76.3 cm³/mol. The Bertz CT molecular complexity index is 697. The molecule has 4 nitrogen and oxygen atoms in total. The van der Waals surface area contributed by atoms with Gasteiger partial charge in [0.25, 0.3) is 0 Å². The van der Waals surface area contributed by atoms with Crippen LogP contribution in [0, 0.1) is 0 Å². The summed E-state index contributed by atoms with van der Waals surface area (Å²) in [6.07, 6.45) is 2.39. The highest BCUT2D eigenvalue weighted by Crippen LogP contribution is 2.31. The standard InChI is InChI=1S/C14H14ClNO3S/c15-12-3-1-4-13(9-12)20(17,18)16-7-6-11(10-16)14-5-2-8-19-14/h1-5,8-9,11H,6-7,10H2. The lowest BCUT2D eigenvalue weighted by Crippen LogP contribution is -2.28. The number of hydrogen-bond donors (Lipinski definition) is 0. The molecule has 0 aliphatic carbocycles. The minimum Gasteiger partial charge on any atom is -0.469 e. The molecular weight excluding hydrogens is 298 g/mol. The Morgan fingerprint density at radius 2 is 2.10 bits per heavy atom. The van der Waals surface area contributed by atoms with Crippen molar-refractivity contribution in [2.24, 2.45) is 0 Å². The number of rotatable bonds is 3. The summed E-state index contributed by atoms with van der Waals surface area (Å²) in [5.41, 5.74) is 0. The van der Waals surface area contributed by atoms with Gasteiger partial charge in [-0.05, 0) is 36.8 Å². The molecular formula is C14H14ClNO3S. The molecule has 0 bridgehead atoms. The quantitative estimate of drug-likeness (QED) is 0.875. The Morgan fingerprint density at radius 3 is 2.80 bits per heavy atom. The van der Waals surface area contributed by atoms with Crippen molar-refractivity contribution < 1.29 is 12.8 Å². The van der Waals surface area contributed by atoms with E-state index in [4.69, 9.17) is 16.0 Å². The van der Waals surface area contributed by atoms with Crippen molar-refractivity contribution in [2.45, 2.75) is 17.2 Å². The first-order chi connectivity index (χ1) is 9.57.